The molecule has 0 aromatic heterocycles. The number of hydrogen-bond acceptors (Lipinski definition) is 3. The maximum Gasteiger partial charge on any atom is 0.252 e. The van der Waals surface area contributed by atoms with E-state index in [1.165, 1.54) is 0 Å². The molecule has 0 spiro atoms. The molecule has 1 aromatic carbocycles. The Bertz CT molecular complexity index is 719. The second kappa shape index (κ2) is 9.22. The number of carbonyl (C=O) groups is 3. The second-order valence-electron chi connectivity index (χ2n) is 7.87. The largest absolute Gasteiger partial charge is 0.343 e. The summed E-state index contributed by atoms with van der Waals surface area (Å²) in [6, 6.07) is 6.92. The molecule has 1 N–H and O–H groups in total. The average molecular weight is 386 g/mol. The summed E-state index contributed by atoms with van der Waals surface area (Å²) in [5.41, 5.74) is 1.51. The molecule has 2 saturated heterocycles. The van der Waals surface area contributed by atoms with E-state index in [-0.39, 0.29) is 23.6 Å². The van der Waals surface area contributed by atoms with Crippen molar-refractivity contribution >= 4 is 17.7 Å². The molecule has 2 aliphatic rings. The van der Waals surface area contributed by atoms with E-state index in [0.717, 1.165) is 44.3 Å². The summed E-state index contributed by atoms with van der Waals surface area (Å²) in [6.07, 6.45) is 4.03. The molecular weight excluding hydrogens is 354 g/mol. The van der Waals surface area contributed by atoms with Crippen molar-refractivity contribution in [3.8, 4) is 0 Å². The van der Waals surface area contributed by atoms with Crippen LogP contribution in [0, 0.1) is 12.8 Å². The molecule has 0 radical (unpaired) electrons. The smallest absolute Gasteiger partial charge is 0.252 e. The van der Waals surface area contributed by atoms with Gasteiger partial charge in [-0.25, -0.2) is 0 Å². The highest BCUT2D eigenvalue weighted by Crippen LogP contribution is 2.24. The first kappa shape index (κ1) is 20.4. The lowest BCUT2D eigenvalue weighted by molar-refractivity contribution is -0.135. The van der Waals surface area contributed by atoms with Crippen LogP contribution in [0.4, 0.5) is 0 Å². The Kier molecular flexibility index (Phi) is 6.70. The fourth-order valence-corrected chi connectivity index (χ4v) is 4.27. The number of hydrogen-bond donors (Lipinski definition) is 1. The maximum atomic E-state index is 13.2. The minimum absolute atomic E-state index is 0.0275. The normalized spacial score (nSPS) is 18.8. The first-order valence-electron chi connectivity index (χ1n) is 10.4. The van der Waals surface area contributed by atoms with E-state index >= 15 is 0 Å². The number of nitrogens with zero attached hydrogens (tertiary/aromatic N) is 2. The molecule has 3 rings (SSSR count). The first-order chi connectivity index (χ1) is 13.5. The lowest BCUT2D eigenvalue weighted by Gasteiger charge is -2.37. The lowest BCUT2D eigenvalue weighted by atomic mass is 9.88. The van der Waals surface area contributed by atoms with E-state index in [1.54, 1.807) is 6.07 Å². The van der Waals surface area contributed by atoms with Crippen molar-refractivity contribution in [2.75, 3.05) is 26.2 Å². The Hall–Kier alpha value is -2.37. The van der Waals surface area contributed by atoms with Crippen molar-refractivity contribution in [3.05, 3.63) is 35.4 Å². The molecule has 2 aliphatic heterocycles. The Morgan fingerprint density at radius 2 is 1.68 bits per heavy atom. The first-order valence-corrected chi connectivity index (χ1v) is 10.4. The lowest BCUT2D eigenvalue weighted by Crippen LogP contribution is -2.54. The summed E-state index contributed by atoms with van der Waals surface area (Å²) >= 11 is 0. The molecular formula is C22H31N3O3. The SMILES string of the molecule is CCC(=O)N1CCC([C@H](NC(=O)c2ccccc2C)C(=O)N2CCCC2)CC1. The van der Waals surface area contributed by atoms with Gasteiger partial charge in [0.05, 0.1) is 0 Å². The van der Waals surface area contributed by atoms with Crippen molar-refractivity contribution in [3.63, 3.8) is 0 Å². The van der Waals surface area contributed by atoms with Crippen molar-refractivity contribution < 1.29 is 14.4 Å². The molecule has 3 amide bonds. The van der Waals surface area contributed by atoms with E-state index < -0.39 is 6.04 Å². The van der Waals surface area contributed by atoms with Gasteiger partial charge < -0.3 is 15.1 Å². The molecule has 152 valence electrons. The van der Waals surface area contributed by atoms with Crippen LogP contribution >= 0.6 is 0 Å². The molecule has 2 heterocycles. The Labute approximate surface area is 167 Å². The van der Waals surface area contributed by atoms with Crippen LogP contribution < -0.4 is 5.32 Å². The van der Waals surface area contributed by atoms with Crippen LogP contribution in [-0.4, -0.2) is 59.7 Å². The Morgan fingerprint density at radius 3 is 2.29 bits per heavy atom. The van der Waals surface area contributed by atoms with Gasteiger partial charge in [-0.3, -0.25) is 14.4 Å². The van der Waals surface area contributed by atoms with Gasteiger partial charge >= 0.3 is 0 Å². The predicted molar refractivity (Wildman–Crippen MR) is 108 cm³/mol. The maximum absolute atomic E-state index is 13.2. The van der Waals surface area contributed by atoms with Gasteiger partial charge in [0.25, 0.3) is 5.91 Å². The van der Waals surface area contributed by atoms with Gasteiger partial charge in [0.1, 0.15) is 6.04 Å². The number of piperidine rings is 1. The molecule has 2 fully saturated rings. The van der Waals surface area contributed by atoms with Gasteiger partial charge in [-0.2, -0.15) is 0 Å². The van der Waals surface area contributed by atoms with Crippen LogP contribution in [0.25, 0.3) is 0 Å². The van der Waals surface area contributed by atoms with Crippen LogP contribution in [0.5, 0.6) is 0 Å². The van der Waals surface area contributed by atoms with E-state index in [4.69, 9.17) is 0 Å². The molecule has 0 saturated carbocycles. The van der Waals surface area contributed by atoms with Crippen LogP contribution in [0.2, 0.25) is 0 Å². The third kappa shape index (κ3) is 4.54. The Morgan fingerprint density at radius 1 is 1.04 bits per heavy atom. The van der Waals surface area contributed by atoms with E-state index in [1.807, 2.05) is 41.8 Å². The zero-order valence-corrected chi connectivity index (χ0v) is 16.9. The highest BCUT2D eigenvalue weighted by atomic mass is 16.2. The summed E-state index contributed by atoms with van der Waals surface area (Å²) < 4.78 is 0. The summed E-state index contributed by atoms with van der Waals surface area (Å²) in [7, 11) is 0. The van der Waals surface area contributed by atoms with E-state index in [9.17, 15) is 14.4 Å². The quantitative estimate of drug-likeness (QED) is 0.846. The summed E-state index contributed by atoms with van der Waals surface area (Å²) in [6.45, 7) is 6.62. The number of nitrogens with one attached hydrogen (secondary N) is 1. The number of likely N-dealkylation sites (tertiary alicyclic amines) is 2. The van der Waals surface area contributed by atoms with Gasteiger partial charge in [0.15, 0.2) is 0 Å². The fourth-order valence-electron chi connectivity index (χ4n) is 4.27. The van der Waals surface area contributed by atoms with Gasteiger partial charge in [-0.15, -0.1) is 0 Å². The summed E-state index contributed by atoms with van der Waals surface area (Å²) in [5, 5.41) is 3.04. The predicted octanol–water partition coefficient (Wildman–Crippen LogP) is 2.36. The van der Waals surface area contributed by atoms with Gasteiger partial charge in [0.2, 0.25) is 11.8 Å². The third-order valence-electron chi connectivity index (χ3n) is 6.03. The van der Waals surface area contributed by atoms with Crippen LogP contribution in [-0.2, 0) is 9.59 Å². The standard InChI is InChI=1S/C22H31N3O3/c1-3-19(26)24-14-10-17(11-15-24)20(22(28)25-12-6-7-13-25)23-21(27)18-9-5-4-8-16(18)2/h4-5,8-9,17,20H,3,6-7,10-15H2,1-2H3,(H,23,27)/t20-/m0/s1. The number of rotatable bonds is 5. The van der Waals surface area contributed by atoms with Crippen LogP contribution in [0.15, 0.2) is 24.3 Å². The minimum atomic E-state index is -0.524. The van der Waals surface area contributed by atoms with Crippen molar-refractivity contribution in [1.29, 1.82) is 0 Å². The number of benzene rings is 1. The van der Waals surface area contributed by atoms with E-state index in [0.29, 0.717) is 25.1 Å². The van der Waals surface area contributed by atoms with Crippen LogP contribution in [0.3, 0.4) is 0 Å². The molecule has 0 bridgehead atoms. The van der Waals surface area contributed by atoms with Crippen molar-refractivity contribution in [2.45, 2.75) is 52.0 Å². The molecule has 1 aromatic rings. The van der Waals surface area contributed by atoms with Gasteiger partial charge in [-0.1, -0.05) is 25.1 Å². The molecule has 6 nitrogen and oxygen atoms in total. The zero-order chi connectivity index (χ0) is 20.1. The molecule has 0 aliphatic carbocycles. The number of amides is 3. The van der Waals surface area contributed by atoms with Gasteiger partial charge in [0, 0.05) is 38.2 Å². The summed E-state index contributed by atoms with van der Waals surface area (Å²) in [4.78, 5) is 41.8. The second-order valence-corrected chi connectivity index (χ2v) is 7.87. The number of aryl methyl sites for hydroxylation is 1. The highest BCUT2D eigenvalue weighted by molar-refractivity contribution is 5.98. The molecule has 0 unspecified atom stereocenters. The van der Waals surface area contributed by atoms with Crippen molar-refractivity contribution in [2.24, 2.45) is 5.92 Å². The zero-order valence-electron chi connectivity index (χ0n) is 16.9. The third-order valence-corrected chi connectivity index (χ3v) is 6.03. The topological polar surface area (TPSA) is 69.7 Å². The average Bonchev–Trinajstić information content (AvgIpc) is 3.26. The molecule has 1 atom stereocenters. The van der Waals surface area contributed by atoms with Gasteiger partial charge in [-0.05, 0) is 50.2 Å². The monoisotopic (exact) mass is 385 g/mol. The van der Waals surface area contributed by atoms with Crippen molar-refractivity contribution in [1.82, 2.24) is 15.1 Å². The van der Waals surface area contributed by atoms with E-state index in [2.05, 4.69) is 5.32 Å². The minimum Gasteiger partial charge on any atom is -0.343 e. The fraction of sp³-hybridized carbons (Fsp3) is 0.591. The number of carbonyl (C=O) groups excluding carboxylic acids is 3. The Balaban J connectivity index is 1.74. The highest BCUT2D eigenvalue weighted by Gasteiger charge is 2.36. The molecule has 6 heteroatoms. The molecule has 28 heavy (non-hydrogen) atoms. The summed E-state index contributed by atoms with van der Waals surface area (Å²) in [5.74, 6) is 0.0502. The van der Waals surface area contributed by atoms with Crippen LogP contribution in [0.1, 0.15) is 54.9 Å².